The molecule has 7 nitrogen and oxygen atoms in total. The Balaban J connectivity index is 1.27. The Morgan fingerprint density at radius 1 is 1.28 bits per heavy atom. The van der Waals surface area contributed by atoms with Gasteiger partial charge in [0.2, 0.25) is 0 Å². The van der Waals surface area contributed by atoms with E-state index in [-0.39, 0.29) is 40.8 Å². The highest BCUT2D eigenvalue weighted by molar-refractivity contribution is 6.30. The van der Waals surface area contributed by atoms with Gasteiger partial charge in [0.15, 0.2) is 6.61 Å². The number of amides is 2. The second-order valence-electron chi connectivity index (χ2n) is 7.66. The zero-order chi connectivity index (χ0) is 20.6. The van der Waals surface area contributed by atoms with Crippen LogP contribution in [0.4, 0.5) is 4.39 Å². The molecule has 0 unspecified atom stereocenters. The van der Waals surface area contributed by atoms with Crippen molar-refractivity contribution in [1.29, 1.82) is 0 Å². The summed E-state index contributed by atoms with van der Waals surface area (Å²) in [6, 6.07) is 4.02. The molecule has 0 spiro atoms. The normalized spacial score (nSPS) is 24.5. The fourth-order valence-corrected chi connectivity index (χ4v) is 4.23. The molecule has 2 amide bonds. The van der Waals surface area contributed by atoms with Gasteiger partial charge in [-0.05, 0) is 44.2 Å². The molecule has 2 N–H and O–H groups in total. The highest BCUT2D eigenvalue weighted by atomic mass is 35.5. The number of ether oxygens (including phenoxy) is 1. The molecule has 0 aliphatic heterocycles. The van der Waals surface area contributed by atoms with Crippen molar-refractivity contribution in [3.8, 4) is 5.75 Å². The molecule has 5 rings (SSSR count). The molecule has 152 valence electrons. The minimum absolute atomic E-state index is 0.00237. The number of aryl methyl sites for hydroxylation is 1. The van der Waals surface area contributed by atoms with Crippen molar-refractivity contribution in [1.82, 2.24) is 20.6 Å². The number of rotatable bonds is 6. The van der Waals surface area contributed by atoms with Crippen molar-refractivity contribution in [3.05, 3.63) is 52.8 Å². The minimum Gasteiger partial charge on any atom is -0.484 e. The molecule has 2 aromatic rings. The molecule has 1 heterocycles. The highest BCUT2D eigenvalue weighted by Gasteiger charge is 2.57. The summed E-state index contributed by atoms with van der Waals surface area (Å²) in [5.74, 6) is 0.0860. The Kier molecular flexibility index (Phi) is 5.12. The summed E-state index contributed by atoms with van der Waals surface area (Å²) >= 11 is 5.63. The molecule has 3 saturated carbocycles. The fourth-order valence-electron chi connectivity index (χ4n) is 4.11. The second-order valence-corrected chi connectivity index (χ2v) is 8.07. The Morgan fingerprint density at radius 3 is 2.69 bits per heavy atom. The molecule has 3 fully saturated rings. The van der Waals surface area contributed by atoms with Crippen LogP contribution in [-0.2, 0) is 4.79 Å². The van der Waals surface area contributed by atoms with Gasteiger partial charge >= 0.3 is 0 Å². The monoisotopic (exact) mass is 418 g/mol. The second kappa shape index (κ2) is 7.59. The summed E-state index contributed by atoms with van der Waals surface area (Å²) < 4.78 is 18.8. The maximum Gasteiger partial charge on any atom is 0.258 e. The van der Waals surface area contributed by atoms with Crippen LogP contribution < -0.4 is 15.4 Å². The zero-order valence-corrected chi connectivity index (χ0v) is 16.5. The van der Waals surface area contributed by atoms with Gasteiger partial charge in [0.25, 0.3) is 11.8 Å². The summed E-state index contributed by atoms with van der Waals surface area (Å²) in [5, 5.41) is 6.02. The van der Waals surface area contributed by atoms with E-state index in [4.69, 9.17) is 16.3 Å². The number of aromatic nitrogens is 2. The summed E-state index contributed by atoms with van der Waals surface area (Å²) in [6.07, 6.45) is 5.29. The predicted molar refractivity (Wildman–Crippen MR) is 103 cm³/mol. The highest BCUT2D eigenvalue weighted by Crippen LogP contribution is 2.52. The third-order valence-corrected chi connectivity index (χ3v) is 5.82. The maximum absolute atomic E-state index is 13.4. The number of nitrogens with zero attached hydrogens (tertiary/aromatic N) is 2. The molecule has 9 heteroatoms. The van der Waals surface area contributed by atoms with E-state index in [0.29, 0.717) is 23.7 Å². The molecule has 29 heavy (non-hydrogen) atoms. The standard InChI is InChI=1S/C20H20ClFN4O3/c1-11-23-8-13(9-24-11)19(28)25-17-7-20(5-12(17)6-20)26-18(27)10-29-14-2-3-15(21)16(22)4-14/h2-4,8-9,12,17H,5-7,10H2,1H3,(H,25,28)(H,26,27)/t12?,17-,20?/m1/s1. The average molecular weight is 419 g/mol. The topological polar surface area (TPSA) is 93.2 Å². The van der Waals surface area contributed by atoms with E-state index in [1.807, 2.05) is 0 Å². The Labute approximate surface area is 172 Å². The number of fused-ring (bicyclic) bond motifs is 1. The van der Waals surface area contributed by atoms with Crippen LogP contribution in [0.2, 0.25) is 5.02 Å². The van der Waals surface area contributed by atoms with Crippen molar-refractivity contribution < 1.29 is 18.7 Å². The van der Waals surface area contributed by atoms with Crippen LogP contribution in [0.25, 0.3) is 0 Å². The van der Waals surface area contributed by atoms with Gasteiger partial charge in [-0.25, -0.2) is 14.4 Å². The van der Waals surface area contributed by atoms with E-state index in [2.05, 4.69) is 20.6 Å². The van der Waals surface area contributed by atoms with Crippen LogP contribution in [0, 0.1) is 18.7 Å². The number of benzene rings is 1. The minimum atomic E-state index is -0.599. The molecule has 1 aromatic heterocycles. The molecule has 0 saturated heterocycles. The third kappa shape index (κ3) is 4.17. The van der Waals surface area contributed by atoms with Gasteiger partial charge in [-0.3, -0.25) is 9.59 Å². The SMILES string of the molecule is Cc1ncc(C(=O)N[C@@H]2CC3(NC(=O)COc4ccc(Cl)c(F)c4)CC2C3)cn1. The van der Waals surface area contributed by atoms with Crippen LogP contribution >= 0.6 is 11.6 Å². The van der Waals surface area contributed by atoms with Crippen LogP contribution in [-0.4, -0.2) is 40.0 Å². The average Bonchev–Trinajstić information content (AvgIpc) is 3.16. The van der Waals surface area contributed by atoms with Gasteiger partial charge in [-0.15, -0.1) is 0 Å². The fraction of sp³-hybridized carbons (Fsp3) is 0.400. The van der Waals surface area contributed by atoms with Gasteiger partial charge in [-0.2, -0.15) is 0 Å². The van der Waals surface area contributed by atoms with Crippen molar-refractivity contribution >= 4 is 23.4 Å². The summed E-state index contributed by atoms with van der Waals surface area (Å²) in [6.45, 7) is 1.54. The van der Waals surface area contributed by atoms with E-state index in [1.54, 1.807) is 6.92 Å². The molecule has 2 bridgehead atoms. The van der Waals surface area contributed by atoms with E-state index >= 15 is 0 Å². The predicted octanol–water partition coefficient (Wildman–Crippen LogP) is 2.42. The van der Waals surface area contributed by atoms with Gasteiger partial charge in [0.1, 0.15) is 17.4 Å². The smallest absolute Gasteiger partial charge is 0.258 e. The summed E-state index contributed by atoms with van der Waals surface area (Å²) in [4.78, 5) is 32.7. The van der Waals surface area contributed by atoms with Gasteiger partial charge in [-0.1, -0.05) is 11.6 Å². The van der Waals surface area contributed by atoms with E-state index in [1.165, 1.54) is 24.5 Å². The van der Waals surface area contributed by atoms with Crippen molar-refractivity contribution in [2.24, 2.45) is 5.92 Å². The lowest BCUT2D eigenvalue weighted by Crippen LogP contribution is -2.53. The molecule has 1 atom stereocenters. The lowest BCUT2D eigenvalue weighted by molar-refractivity contribution is -0.125. The largest absolute Gasteiger partial charge is 0.484 e. The first-order chi connectivity index (χ1) is 13.8. The van der Waals surface area contributed by atoms with Crippen LogP contribution in [0.5, 0.6) is 5.75 Å². The van der Waals surface area contributed by atoms with Gasteiger partial charge in [0.05, 0.1) is 10.6 Å². The third-order valence-electron chi connectivity index (χ3n) is 5.51. The summed E-state index contributed by atoms with van der Waals surface area (Å²) in [7, 11) is 0. The van der Waals surface area contributed by atoms with E-state index in [0.717, 1.165) is 18.9 Å². The maximum atomic E-state index is 13.4. The molecule has 3 aliphatic carbocycles. The number of hydrogen-bond acceptors (Lipinski definition) is 5. The van der Waals surface area contributed by atoms with Crippen LogP contribution in [0.3, 0.4) is 0 Å². The number of halogens is 2. The molecule has 0 radical (unpaired) electrons. The Morgan fingerprint density at radius 2 is 2.00 bits per heavy atom. The molecular formula is C20H20ClFN4O3. The van der Waals surface area contributed by atoms with Crippen LogP contribution in [0.1, 0.15) is 35.4 Å². The van der Waals surface area contributed by atoms with Crippen molar-refractivity contribution in [2.75, 3.05) is 6.61 Å². The number of hydrogen-bond donors (Lipinski definition) is 2. The number of carbonyl (C=O) groups is 2. The number of carbonyl (C=O) groups excluding carboxylic acids is 2. The van der Waals surface area contributed by atoms with Crippen molar-refractivity contribution in [2.45, 2.75) is 37.8 Å². The summed E-state index contributed by atoms with van der Waals surface area (Å²) in [5.41, 5.74) is 0.0966. The first kappa shape index (κ1) is 19.6. The van der Waals surface area contributed by atoms with Gasteiger partial charge < -0.3 is 15.4 Å². The van der Waals surface area contributed by atoms with Crippen molar-refractivity contribution in [3.63, 3.8) is 0 Å². The Bertz CT molecular complexity index is 947. The lowest BCUT2D eigenvalue weighted by atomic mass is 9.76. The molecular weight excluding hydrogens is 399 g/mol. The van der Waals surface area contributed by atoms with E-state index < -0.39 is 5.82 Å². The van der Waals surface area contributed by atoms with Crippen LogP contribution in [0.15, 0.2) is 30.6 Å². The van der Waals surface area contributed by atoms with E-state index in [9.17, 15) is 14.0 Å². The number of nitrogens with one attached hydrogen (secondary N) is 2. The Hall–Kier alpha value is -2.74. The zero-order valence-electron chi connectivity index (χ0n) is 15.7. The molecule has 3 aliphatic rings. The molecule has 1 aromatic carbocycles. The first-order valence-corrected chi connectivity index (χ1v) is 9.70. The quantitative estimate of drug-likeness (QED) is 0.751. The lowest BCUT2D eigenvalue weighted by Gasteiger charge is -2.39. The van der Waals surface area contributed by atoms with Gasteiger partial charge in [0, 0.05) is 30.0 Å². The first-order valence-electron chi connectivity index (χ1n) is 9.32.